The van der Waals surface area contributed by atoms with Gasteiger partial charge in [-0.25, -0.2) is 0 Å². The van der Waals surface area contributed by atoms with Crippen LogP contribution >= 0.6 is 0 Å². The third kappa shape index (κ3) is 3.01. The van der Waals surface area contributed by atoms with Crippen molar-refractivity contribution in [1.82, 2.24) is 0 Å². The maximum absolute atomic E-state index is 8.03. The third-order valence-electron chi connectivity index (χ3n) is 7.17. The Hall–Kier alpha value is -2.29. The molecular weight excluding hydrogens is 344 g/mol. The molecule has 1 heterocycles. The highest BCUT2D eigenvalue weighted by Crippen LogP contribution is 2.55. The van der Waals surface area contributed by atoms with E-state index in [9.17, 15) is 0 Å². The zero-order chi connectivity index (χ0) is 19.5. The highest BCUT2D eigenvalue weighted by molar-refractivity contribution is 5.89. The predicted octanol–water partition coefficient (Wildman–Crippen LogP) is 5.99. The van der Waals surface area contributed by atoms with E-state index in [1.54, 1.807) is 0 Å². The molecule has 2 fully saturated rings. The molecule has 3 aliphatic carbocycles. The van der Waals surface area contributed by atoms with Gasteiger partial charge in [-0.1, -0.05) is 13.8 Å². The lowest BCUT2D eigenvalue weighted by Gasteiger charge is -2.50. The number of anilines is 1. The lowest BCUT2D eigenvalue weighted by molar-refractivity contribution is 0.0187. The van der Waals surface area contributed by atoms with Crippen molar-refractivity contribution in [2.24, 2.45) is 23.2 Å². The molecule has 0 saturated heterocycles. The Kier molecular flexibility index (Phi) is 4.04. The summed E-state index contributed by atoms with van der Waals surface area (Å²) in [5.41, 5.74) is 10.6. The van der Waals surface area contributed by atoms with Gasteiger partial charge in [0.25, 0.3) is 0 Å². The number of nitrogen functional groups attached to an aromatic ring is 1. The summed E-state index contributed by atoms with van der Waals surface area (Å²) in [4.78, 5) is 0. The summed E-state index contributed by atoms with van der Waals surface area (Å²) in [5, 5.41) is 9.70. The van der Waals surface area contributed by atoms with Gasteiger partial charge in [0.05, 0.1) is 5.36 Å². The molecule has 0 spiro atoms. The van der Waals surface area contributed by atoms with Crippen LogP contribution in [0.3, 0.4) is 0 Å². The van der Waals surface area contributed by atoms with Crippen LogP contribution in [0.15, 0.2) is 40.8 Å². The van der Waals surface area contributed by atoms with Crippen LogP contribution in [-0.4, -0.2) is 0 Å². The number of benzene rings is 2. The molecule has 2 atom stereocenters. The number of rotatable bonds is 2. The van der Waals surface area contributed by atoms with Crippen molar-refractivity contribution in [2.75, 3.05) is 5.73 Å². The van der Waals surface area contributed by atoms with Crippen LogP contribution in [-0.2, 0) is 6.42 Å². The van der Waals surface area contributed by atoms with Crippen LogP contribution in [0.2, 0.25) is 0 Å². The predicted molar refractivity (Wildman–Crippen MR) is 114 cm³/mol. The van der Waals surface area contributed by atoms with Gasteiger partial charge in [-0.3, -0.25) is 0 Å². The third-order valence-corrected chi connectivity index (χ3v) is 7.17. The fourth-order valence-electron chi connectivity index (χ4n) is 6.68. The smallest absolute Gasteiger partial charge is 0.137 e. The number of hydrogen-bond acceptors (Lipinski definition) is 3. The largest absolute Gasteiger partial charge is 0.456 e. The lowest BCUT2D eigenvalue weighted by atomic mass is 9.55. The fourth-order valence-corrected chi connectivity index (χ4v) is 6.68. The summed E-state index contributed by atoms with van der Waals surface area (Å²) >= 11 is 0. The van der Waals surface area contributed by atoms with Gasteiger partial charge < -0.3 is 15.6 Å². The molecule has 1 aromatic carbocycles. The second-order valence-corrected chi connectivity index (χ2v) is 9.88. The van der Waals surface area contributed by atoms with Crippen LogP contribution in [0.4, 0.5) is 5.69 Å². The average Bonchev–Trinajstić information content (AvgIpc) is 2.59. The Morgan fingerprint density at radius 1 is 1.04 bits per heavy atom. The molecule has 4 aliphatic rings. The molecule has 3 heteroatoms. The Balaban J connectivity index is 1.70. The molecule has 1 aliphatic heterocycles. The van der Waals surface area contributed by atoms with Gasteiger partial charge in [0.1, 0.15) is 11.3 Å². The van der Waals surface area contributed by atoms with Crippen LogP contribution in [0.1, 0.15) is 51.5 Å². The fraction of sp³-hybridized carbons (Fsp3) is 0.480. The summed E-state index contributed by atoms with van der Waals surface area (Å²) < 4.78 is 6.18. The van der Waals surface area contributed by atoms with E-state index in [4.69, 9.17) is 15.6 Å². The van der Waals surface area contributed by atoms with E-state index in [0.717, 1.165) is 46.8 Å². The van der Waals surface area contributed by atoms with Gasteiger partial charge in [0.2, 0.25) is 0 Å². The summed E-state index contributed by atoms with van der Waals surface area (Å²) in [5.74, 6) is 3.32. The van der Waals surface area contributed by atoms with Gasteiger partial charge in [-0.2, -0.15) is 0 Å². The molecule has 28 heavy (non-hydrogen) atoms. The van der Waals surface area contributed by atoms with E-state index in [-0.39, 0.29) is 0 Å². The average molecular weight is 375 g/mol. The Morgan fingerprint density at radius 2 is 1.79 bits per heavy atom. The molecule has 2 unspecified atom stereocenters. The Labute approximate surface area is 166 Å². The number of fused-ring (bicyclic) bond motifs is 4. The van der Waals surface area contributed by atoms with E-state index in [1.807, 2.05) is 24.3 Å². The first-order valence-electron chi connectivity index (χ1n) is 10.7. The number of nitrogens with two attached hydrogens (primary N) is 1. The van der Waals surface area contributed by atoms with Gasteiger partial charge >= 0.3 is 0 Å². The summed E-state index contributed by atoms with van der Waals surface area (Å²) in [6, 6.07) is 11.9. The highest BCUT2D eigenvalue weighted by atomic mass is 16.3. The minimum Gasteiger partial charge on any atom is -0.456 e. The van der Waals surface area contributed by atoms with Gasteiger partial charge in [-0.15, -0.1) is 0 Å². The van der Waals surface area contributed by atoms with Crippen LogP contribution in [0.25, 0.3) is 22.3 Å². The minimum atomic E-state index is 0.391. The zero-order valence-electron chi connectivity index (χ0n) is 16.9. The van der Waals surface area contributed by atoms with Crippen molar-refractivity contribution in [2.45, 2.75) is 52.4 Å². The first kappa shape index (κ1) is 17.8. The first-order valence-corrected chi connectivity index (χ1v) is 10.7. The van der Waals surface area contributed by atoms with Crippen LogP contribution < -0.4 is 11.1 Å². The van der Waals surface area contributed by atoms with Gasteiger partial charge in [0, 0.05) is 28.8 Å². The van der Waals surface area contributed by atoms with Crippen LogP contribution in [0, 0.1) is 28.6 Å². The Bertz CT molecular complexity index is 1050. The van der Waals surface area contributed by atoms with E-state index in [1.165, 1.54) is 43.1 Å². The molecule has 146 valence electrons. The minimum absolute atomic E-state index is 0.391. The maximum atomic E-state index is 8.03. The van der Waals surface area contributed by atoms with Crippen molar-refractivity contribution in [1.29, 1.82) is 5.41 Å². The van der Waals surface area contributed by atoms with E-state index >= 15 is 0 Å². The molecule has 3 nitrogen and oxygen atoms in total. The summed E-state index contributed by atoms with van der Waals surface area (Å²) in [6.07, 6.45) is 7.92. The number of nitrogens with one attached hydrogen (secondary N) is 1. The molecule has 0 radical (unpaired) electrons. The zero-order valence-corrected chi connectivity index (χ0v) is 16.9. The van der Waals surface area contributed by atoms with Gasteiger partial charge in [-0.05, 0) is 91.5 Å². The van der Waals surface area contributed by atoms with Gasteiger partial charge in [0.15, 0.2) is 0 Å². The van der Waals surface area contributed by atoms with E-state index < -0.39 is 0 Å². The second-order valence-electron chi connectivity index (χ2n) is 9.88. The highest BCUT2D eigenvalue weighted by Gasteiger charge is 2.44. The molecule has 0 aromatic heterocycles. The van der Waals surface area contributed by atoms with Crippen molar-refractivity contribution < 1.29 is 4.42 Å². The summed E-state index contributed by atoms with van der Waals surface area (Å²) in [6.45, 7) is 4.89. The van der Waals surface area contributed by atoms with Crippen LogP contribution in [0.5, 0.6) is 0 Å². The van der Waals surface area contributed by atoms with E-state index in [0.29, 0.717) is 10.8 Å². The molecule has 2 bridgehead atoms. The molecule has 0 amide bonds. The summed E-state index contributed by atoms with van der Waals surface area (Å²) in [7, 11) is 0. The normalized spacial score (nSPS) is 30.0. The van der Waals surface area contributed by atoms with Crippen molar-refractivity contribution >= 4 is 16.7 Å². The molecule has 1 aromatic rings. The SMILES string of the molecule is CC1CC2CC(C)CC(Cc3c4ccc(=N)cc-4oc4cc(N)ccc34)(C1)C2. The van der Waals surface area contributed by atoms with E-state index in [2.05, 4.69) is 26.0 Å². The second kappa shape index (κ2) is 6.37. The standard InChI is InChI=1S/C25H30N2O/c1-15-7-17-8-16(2)12-25(11-15,13-17)14-22-20-5-3-18(26)9-23(20)28-24-10-19(27)4-6-21(22)24/h3-6,9-10,15-17,26H,7-8,11-14,27H2,1-2H3. The number of hydrogen-bond donors (Lipinski definition) is 2. The van der Waals surface area contributed by atoms with Crippen molar-refractivity contribution in [3.05, 3.63) is 47.3 Å². The monoisotopic (exact) mass is 374 g/mol. The maximum Gasteiger partial charge on any atom is 0.137 e. The quantitative estimate of drug-likeness (QED) is 0.427. The van der Waals surface area contributed by atoms with Crippen molar-refractivity contribution in [3.63, 3.8) is 0 Å². The lowest BCUT2D eigenvalue weighted by Crippen LogP contribution is -2.40. The topological polar surface area (TPSA) is 63.0 Å². The molecule has 3 N–H and O–H groups in total. The first-order chi connectivity index (χ1) is 13.4. The molecule has 2 saturated carbocycles. The van der Waals surface area contributed by atoms with Crippen molar-refractivity contribution in [3.8, 4) is 11.3 Å². The molecule has 5 rings (SSSR count). The molecular formula is C25H30N2O. The Morgan fingerprint density at radius 3 is 2.54 bits per heavy atom.